The van der Waals surface area contributed by atoms with E-state index in [1.165, 1.54) is 154 Å². The third-order valence-corrected chi connectivity index (χ3v) is 11.2. The minimum Gasteiger partial charge on any atom is -0.394 e. The smallest absolute Gasteiger partial charge is 0.220 e. The third-order valence-electron chi connectivity index (χ3n) is 11.2. The van der Waals surface area contributed by atoms with Crippen molar-refractivity contribution in [3.63, 3.8) is 0 Å². The van der Waals surface area contributed by atoms with E-state index in [1.54, 1.807) is 0 Å². The Kier molecular flexibility index (Phi) is 33.7. The molecule has 1 rings (SSSR count). The number of carbonyl (C=O) groups is 1. The van der Waals surface area contributed by atoms with Gasteiger partial charge in [0.25, 0.3) is 0 Å². The largest absolute Gasteiger partial charge is 0.394 e. The lowest BCUT2D eigenvalue weighted by Gasteiger charge is -2.40. The van der Waals surface area contributed by atoms with E-state index < -0.39 is 49.5 Å². The van der Waals surface area contributed by atoms with Crippen LogP contribution in [0.2, 0.25) is 0 Å². The second-order valence-corrected chi connectivity index (χ2v) is 16.2. The molecule has 6 N–H and O–H groups in total. The molecule has 0 bridgehead atoms. The molecule has 0 spiro atoms. The number of rotatable bonds is 38. The first-order chi connectivity index (χ1) is 25.8. The molecule has 0 radical (unpaired) electrons. The molecule has 1 amide bonds. The number of amides is 1. The fraction of sp³-hybridized carbons (Fsp3) is 0.977. The van der Waals surface area contributed by atoms with Gasteiger partial charge in [0.2, 0.25) is 5.91 Å². The third kappa shape index (κ3) is 26.6. The first kappa shape index (κ1) is 50.2. The van der Waals surface area contributed by atoms with Crippen LogP contribution in [0.1, 0.15) is 219 Å². The van der Waals surface area contributed by atoms with Crippen LogP contribution in [0, 0.1) is 0 Å². The van der Waals surface area contributed by atoms with Gasteiger partial charge in [-0.3, -0.25) is 4.79 Å². The number of aliphatic hydroxyl groups is 5. The summed E-state index contributed by atoms with van der Waals surface area (Å²) in [6.07, 6.45) is 31.2. The van der Waals surface area contributed by atoms with Gasteiger partial charge >= 0.3 is 0 Å². The van der Waals surface area contributed by atoms with Crippen molar-refractivity contribution in [3.8, 4) is 0 Å². The molecule has 0 aromatic carbocycles. The Morgan fingerprint density at radius 3 is 1.34 bits per heavy atom. The second kappa shape index (κ2) is 35.6. The summed E-state index contributed by atoms with van der Waals surface area (Å²) in [6, 6.07) is -0.710. The lowest BCUT2D eigenvalue weighted by molar-refractivity contribution is -0.302. The number of hydrogen-bond acceptors (Lipinski definition) is 8. The molecule has 7 atom stereocenters. The van der Waals surface area contributed by atoms with Gasteiger partial charge in [-0.05, 0) is 12.8 Å². The first-order valence-electron chi connectivity index (χ1n) is 22.7. The van der Waals surface area contributed by atoms with Gasteiger partial charge in [0, 0.05) is 6.42 Å². The first-order valence-corrected chi connectivity index (χ1v) is 22.7. The van der Waals surface area contributed by atoms with Crippen molar-refractivity contribution in [3.05, 3.63) is 0 Å². The van der Waals surface area contributed by atoms with Gasteiger partial charge in [-0.1, -0.05) is 200 Å². The van der Waals surface area contributed by atoms with Crippen LogP contribution in [0.15, 0.2) is 0 Å². The molecule has 0 aromatic heterocycles. The molecule has 1 saturated heterocycles. The van der Waals surface area contributed by atoms with E-state index in [0.717, 1.165) is 38.5 Å². The number of carbonyl (C=O) groups excluding carboxylic acids is 1. The molecule has 316 valence electrons. The molecule has 9 nitrogen and oxygen atoms in total. The van der Waals surface area contributed by atoms with Crippen LogP contribution < -0.4 is 5.32 Å². The Morgan fingerprint density at radius 2 is 0.943 bits per heavy atom. The summed E-state index contributed by atoms with van der Waals surface area (Å²) < 4.78 is 11.2. The van der Waals surface area contributed by atoms with E-state index >= 15 is 0 Å². The van der Waals surface area contributed by atoms with E-state index in [4.69, 9.17) is 9.47 Å². The zero-order valence-electron chi connectivity index (χ0n) is 34.5. The van der Waals surface area contributed by atoms with Crippen molar-refractivity contribution in [1.29, 1.82) is 0 Å². The molecule has 2 unspecified atom stereocenters. The summed E-state index contributed by atoms with van der Waals surface area (Å²) in [5.74, 6) is -0.142. The predicted molar refractivity (Wildman–Crippen MR) is 217 cm³/mol. The number of hydrogen-bond donors (Lipinski definition) is 6. The van der Waals surface area contributed by atoms with Gasteiger partial charge in [0.1, 0.15) is 24.4 Å². The van der Waals surface area contributed by atoms with Crippen molar-refractivity contribution in [1.82, 2.24) is 5.32 Å². The summed E-state index contributed by atoms with van der Waals surface area (Å²) in [4.78, 5) is 12.9. The Morgan fingerprint density at radius 1 is 0.566 bits per heavy atom. The predicted octanol–water partition coefficient (Wildman–Crippen LogP) is 9.17. The summed E-state index contributed by atoms with van der Waals surface area (Å²) in [5.41, 5.74) is 0. The van der Waals surface area contributed by atoms with Crippen LogP contribution in [0.3, 0.4) is 0 Å². The van der Waals surface area contributed by atoms with E-state index in [1.807, 2.05) is 0 Å². The SMILES string of the molecule is CCCCCCCCCCCCCCCCCCCCCCC(=O)N[C@@H](CO[C@@H]1O[C@H](CO)[C@@H](O)C(O)C1O)[C@H](O)CCCCCCCCCCCC. The Hall–Kier alpha value is -0.810. The van der Waals surface area contributed by atoms with Crippen LogP contribution in [0.4, 0.5) is 0 Å². The van der Waals surface area contributed by atoms with Crippen LogP contribution in [0.5, 0.6) is 0 Å². The average molecular weight is 758 g/mol. The fourth-order valence-corrected chi connectivity index (χ4v) is 7.51. The highest BCUT2D eigenvalue weighted by Gasteiger charge is 2.44. The van der Waals surface area contributed by atoms with E-state index in [0.29, 0.717) is 12.8 Å². The fourth-order valence-electron chi connectivity index (χ4n) is 7.51. The quantitative estimate of drug-likeness (QED) is 0.0342. The van der Waals surface area contributed by atoms with Crippen LogP contribution >= 0.6 is 0 Å². The Balaban J connectivity index is 2.26. The number of ether oxygens (including phenoxy) is 2. The molecule has 1 fully saturated rings. The molecule has 0 aromatic rings. The van der Waals surface area contributed by atoms with Gasteiger partial charge in [-0.2, -0.15) is 0 Å². The minimum absolute atomic E-state index is 0.132. The second-order valence-electron chi connectivity index (χ2n) is 16.2. The minimum atomic E-state index is -1.55. The summed E-state index contributed by atoms with van der Waals surface area (Å²) in [7, 11) is 0. The summed E-state index contributed by atoms with van der Waals surface area (Å²) >= 11 is 0. The maximum Gasteiger partial charge on any atom is 0.220 e. The summed E-state index contributed by atoms with van der Waals surface area (Å²) in [6.45, 7) is 3.83. The van der Waals surface area contributed by atoms with E-state index in [2.05, 4.69) is 19.2 Å². The molecule has 1 aliphatic heterocycles. The van der Waals surface area contributed by atoms with Gasteiger partial charge < -0.3 is 40.3 Å². The molecule has 9 heteroatoms. The molecule has 53 heavy (non-hydrogen) atoms. The van der Waals surface area contributed by atoms with E-state index in [-0.39, 0.29) is 12.5 Å². The number of unbranched alkanes of at least 4 members (excludes halogenated alkanes) is 28. The maximum atomic E-state index is 12.9. The van der Waals surface area contributed by atoms with Gasteiger partial charge in [0.05, 0.1) is 25.4 Å². The molecule has 1 aliphatic rings. The standard InChI is InChI=1S/C44H87NO8/c1-3-5-7-9-11-13-15-16-17-18-19-20-21-22-23-24-26-28-30-32-34-40(48)45-37(36-52-44-43(51)42(50)41(49)39(35-46)53-44)38(47)33-31-29-27-25-14-12-10-8-6-4-2/h37-39,41-44,46-47,49-51H,3-36H2,1-2H3,(H,45,48)/t37-,38+,39+,41+,42?,43?,44+/m0/s1. The highest BCUT2D eigenvalue weighted by Crippen LogP contribution is 2.23. The van der Waals surface area contributed by atoms with Crippen molar-refractivity contribution in [2.24, 2.45) is 0 Å². The number of aliphatic hydroxyl groups excluding tert-OH is 5. The molecule has 0 aliphatic carbocycles. The monoisotopic (exact) mass is 758 g/mol. The topological polar surface area (TPSA) is 149 Å². The van der Waals surface area contributed by atoms with Crippen LogP contribution in [-0.4, -0.2) is 87.5 Å². The number of nitrogens with one attached hydrogen (secondary N) is 1. The van der Waals surface area contributed by atoms with Gasteiger partial charge in [0.15, 0.2) is 6.29 Å². The summed E-state index contributed by atoms with van der Waals surface area (Å²) in [5, 5.41) is 54.2. The molecule has 0 saturated carbocycles. The highest BCUT2D eigenvalue weighted by atomic mass is 16.7. The van der Waals surface area contributed by atoms with Crippen molar-refractivity contribution >= 4 is 5.91 Å². The normalized spacial score (nSPS) is 21.5. The highest BCUT2D eigenvalue weighted by molar-refractivity contribution is 5.76. The van der Waals surface area contributed by atoms with Crippen molar-refractivity contribution in [2.45, 2.75) is 262 Å². The molecular formula is C44H87NO8. The van der Waals surface area contributed by atoms with Crippen LogP contribution in [-0.2, 0) is 14.3 Å². The van der Waals surface area contributed by atoms with Crippen molar-refractivity contribution < 1.29 is 39.8 Å². The van der Waals surface area contributed by atoms with Gasteiger partial charge in [-0.15, -0.1) is 0 Å². The maximum absolute atomic E-state index is 12.9. The molecular weight excluding hydrogens is 670 g/mol. The van der Waals surface area contributed by atoms with Crippen LogP contribution in [0.25, 0.3) is 0 Å². The lowest BCUT2D eigenvalue weighted by Crippen LogP contribution is -2.60. The zero-order chi connectivity index (χ0) is 38.8. The average Bonchev–Trinajstić information content (AvgIpc) is 3.16. The Bertz CT molecular complexity index is 801. The van der Waals surface area contributed by atoms with Gasteiger partial charge in [-0.25, -0.2) is 0 Å². The Labute approximate surface area is 325 Å². The lowest BCUT2D eigenvalue weighted by atomic mass is 9.99. The van der Waals surface area contributed by atoms with Crippen molar-refractivity contribution in [2.75, 3.05) is 13.2 Å². The van der Waals surface area contributed by atoms with E-state index in [9.17, 15) is 30.3 Å². The zero-order valence-corrected chi connectivity index (χ0v) is 34.5. The molecule has 1 heterocycles.